The molecule has 0 saturated carbocycles. The Bertz CT molecular complexity index is 325. The van der Waals surface area contributed by atoms with Gasteiger partial charge in [0.15, 0.2) is 0 Å². The summed E-state index contributed by atoms with van der Waals surface area (Å²) in [7, 11) is 0. The molecule has 1 aromatic rings. The van der Waals surface area contributed by atoms with Gasteiger partial charge in [0.25, 0.3) is 0 Å². The van der Waals surface area contributed by atoms with Gasteiger partial charge in [-0.1, -0.05) is 12.1 Å². The Hall–Kier alpha value is -1.10. The van der Waals surface area contributed by atoms with E-state index in [2.05, 4.69) is 0 Å². The van der Waals surface area contributed by atoms with Crippen molar-refractivity contribution in [2.75, 3.05) is 25.4 Å². The molecule has 4 N–H and O–H groups in total. The first-order chi connectivity index (χ1) is 8.04. The minimum Gasteiger partial charge on any atom is -0.399 e. The van der Waals surface area contributed by atoms with Gasteiger partial charge in [-0.2, -0.15) is 0 Å². The summed E-state index contributed by atoms with van der Waals surface area (Å²) in [5.41, 5.74) is 7.14. The largest absolute Gasteiger partial charge is 0.399 e. The maximum absolute atomic E-state index is 10.1. The quantitative estimate of drug-likeness (QED) is 0.647. The maximum atomic E-state index is 10.1. The molecule has 1 aromatic carbocycles. The average molecular weight is 238 g/mol. The third kappa shape index (κ3) is 4.34. The van der Waals surface area contributed by atoms with E-state index in [-0.39, 0.29) is 6.61 Å². The summed E-state index contributed by atoms with van der Waals surface area (Å²) in [6, 6.07) is 7.52. The van der Waals surface area contributed by atoms with Gasteiger partial charge < -0.3 is 15.9 Å². The van der Waals surface area contributed by atoms with Crippen molar-refractivity contribution in [2.24, 2.45) is 0 Å². The van der Waals surface area contributed by atoms with Crippen LogP contribution in [0.15, 0.2) is 24.3 Å². The molecule has 0 aromatic heterocycles. The number of nitrogens with zero attached hydrogens (tertiary/aromatic N) is 1. The lowest BCUT2D eigenvalue weighted by Gasteiger charge is -2.28. The molecule has 4 nitrogen and oxygen atoms in total. The fourth-order valence-corrected chi connectivity index (χ4v) is 1.73. The predicted octanol–water partition coefficient (Wildman–Crippen LogP) is 1.00. The summed E-state index contributed by atoms with van der Waals surface area (Å²) in [6.07, 6.45) is -0.551. The van der Waals surface area contributed by atoms with E-state index in [0.29, 0.717) is 24.8 Å². The lowest BCUT2D eigenvalue weighted by atomic mass is 10.1. The molecule has 0 aliphatic carbocycles. The molecular weight excluding hydrogens is 216 g/mol. The molecule has 0 aliphatic heterocycles. The van der Waals surface area contributed by atoms with Gasteiger partial charge in [-0.3, -0.25) is 4.90 Å². The molecule has 17 heavy (non-hydrogen) atoms. The lowest BCUT2D eigenvalue weighted by molar-refractivity contribution is 0.0820. The first-order valence-electron chi connectivity index (χ1n) is 5.93. The highest BCUT2D eigenvalue weighted by Crippen LogP contribution is 2.16. The number of hydrogen-bond donors (Lipinski definition) is 3. The van der Waals surface area contributed by atoms with Gasteiger partial charge in [0.1, 0.15) is 0 Å². The second-order valence-electron chi connectivity index (χ2n) is 4.49. The summed E-state index contributed by atoms with van der Waals surface area (Å²) in [5.74, 6) is 0. The number of aliphatic hydroxyl groups is 2. The molecule has 96 valence electrons. The number of anilines is 1. The van der Waals surface area contributed by atoms with E-state index in [0.717, 1.165) is 5.56 Å². The summed E-state index contributed by atoms with van der Waals surface area (Å²) >= 11 is 0. The zero-order valence-electron chi connectivity index (χ0n) is 10.5. The Kier molecular flexibility index (Phi) is 5.41. The molecule has 1 unspecified atom stereocenters. The predicted molar refractivity (Wildman–Crippen MR) is 69.6 cm³/mol. The van der Waals surface area contributed by atoms with E-state index < -0.39 is 6.10 Å². The summed E-state index contributed by atoms with van der Waals surface area (Å²) in [5, 5.41) is 19.1. The van der Waals surface area contributed by atoms with Crippen LogP contribution in [0.2, 0.25) is 0 Å². The zero-order chi connectivity index (χ0) is 12.8. The van der Waals surface area contributed by atoms with Crippen molar-refractivity contribution in [1.29, 1.82) is 0 Å². The van der Waals surface area contributed by atoms with Gasteiger partial charge in [0.05, 0.1) is 12.7 Å². The van der Waals surface area contributed by atoms with Gasteiger partial charge in [-0.05, 0) is 31.5 Å². The molecule has 1 atom stereocenters. The first kappa shape index (κ1) is 14.0. The second-order valence-corrected chi connectivity index (χ2v) is 4.49. The van der Waals surface area contributed by atoms with Crippen LogP contribution in [0.1, 0.15) is 25.5 Å². The molecular formula is C13H22N2O2. The van der Waals surface area contributed by atoms with Gasteiger partial charge in [-0.15, -0.1) is 0 Å². The van der Waals surface area contributed by atoms with Crippen molar-refractivity contribution in [1.82, 2.24) is 4.90 Å². The zero-order valence-corrected chi connectivity index (χ0v) is 10.5. The maximum Gasteiger partial charge on any atom is 0.0917 e. The number of hydrogen-bond acceptors (Lipinski definition) is 4. The highest BCUT2D eigenvalue weighted by molar-refractivity contribution is 5.39. The highest BCUT2D eigenvalue weighted by Gasteiger charge is 2.15. The van der Waals surface area contributed by atoms with Crippen molar-refractivity contribution >= 4 is 5.69 Å². The van der Waals surface area contributed by atoms with Crippen LogP contribution in [0, 0.1) is 0 Å². The van der Waals surface area contributed by atoms with Crippen LogP contribution < -0.4 is 5.73 Å². The fraction of sp³-hybridized carbons (Fsp3) is 0.538. The van der Waals surface area contributed by atoms with Crippen molar-refractivity contribution in [2.45, 2.75) is 26.0 Å². The molecule has 0 spiro atoms. The normalized spacial score (nSPS) is 13.3. The minimum atomic E-state index is -0.551. The standard InChI is InChI=1S/C13H22N2O2/c1-10(2)15(7-8-16)9-13(17)11-3-5-12(14)6-4-11/h3-6,10,13,16-17H,7-9,14H2,1-2H3. The summed E-state index contributed by atoms with van der Waals surface area (Å²) < 4.78 is 0. The molecule has 0 aliphatic rings. The second kappa shape index (κ2) is 6.59. The van der Waals surface area contributed by atoms with Crippen molar-refractivity contribution in [3.8, 4) is 0 Å². The van der Waals surface area contributed by atoms with Gasteiger partial charge >= 0.3 is 0 Å². The molecule has 1 rings (SSSR count). The van der Waals surface area contributed by atoms with E-state index in [9.17, 15) is 5.11 Å². The van der Waals surface area contributed by atoms with Gasteiger partial charge in [-0.25, -0.2) is 0 Å². The number of nitrogen functional groups attached to an aromatic ring is 1. The molecule has 0 amide bonds. The Balaban J connectivity index is 2.63. The molecule has 0 saturated heterocycles. The monoisotopic (exact) mass is 238 g/mol. The topological polar surface area (TPSA) is 69.7 Å². The van der Waals surface area contributed by atoms with Crippen LogP contribution in [-0.4, -0.2) is 40.9 Å². The number of benzene rings is 1. The molecule has 0 bridgehead atoms. The lowest BCUT2D eigenvalue weighted by Crippen LogP contribution is -2.36. The third-order valence-electron chi connectivity index (χ3n) is 2.85. The molecule has 0 radical (unpaired) electrons. The summed E-state index contributed by atoms with van der Waals surface area (Å²) in [6.45, 7) is 5.29. The van der Waals surface area contributed by atoms with Crippen LogP contribution in [0.25, 0.3) is 0 Å². The Labute approximate surface area is 103 Å². The van der Waals surface area contributed by atoms with E-state index in [4.69, 9.17) is 10.8 Å². The van der Waals surface area contributed by atoms with Crippen LogP contribution in [0.3, 0.4) is 0 Å². The Morgan fingerprint density at radius 2 is 1.82 bits per heavy atom. The smallest absolute Gasteiger partial charge is 0.0917 e. The van der Waals surface area contributed by atoms with E-state index >= 15 is 0 Å². The van der Waals surface area contributed by atoms with E-state index in [1.807, 2.05) is 30.9 Å². The fourth-order valence-electron chi connectivity index (χ4n) is 1.73. The number of aliphatic hydroxyl groups excluding tert-OH is 2. The molecule has 0 heterocycles. The van der Waals surface area contributed by atoms with Crippen molar-refractivity contribution in [3.05, 3.63) is 29.8 Å². The Morgan fingerprint density at radius 3 is 2.29 bits per heavy atom. The highest BCUT2D eigenvalue weighted by atomic mass is 16.3. The van der Waals surface area contributed by atoms with Crippen LogP contribution >= 0.6 is 0 Å². The molecule has 4 heteroatoms. The van der Waals surface area contributed by atoms with E-state index in [1.54, 1.807) is 12.1 Å². The SMILES string of the molecule is CC(C)N(CCO)CC(O)c1ccc(N)cc1. The minimum absolute atomic E-state index is 0.104. The third-order valence-corrected chi connectivity index (χ3v) is 2.85. The van der Waals surface area contributed by atoms with Gasteiger partial charge in [0.2, 0.25) is 0 Å². The van der Waals surface area contributed by atoms with Crippen LogP contribution in [0.5, 0.6) is 0 Å². The number of rotatable bonds is 6. The first-order valence-corrected chi connectivity index (χ1v) is 5.93. The van der Waals surface area contributed by atoms with Crippen molar-refractivity contribution in [3.63, 3.8) is 0 Å². The van der Waals surface area contributed by atoms with E-state index in [1.165, 1.54) is 0 Å². The number of nitrogens with two attached hydrogens (primary N) is 1. The summed E-state index contributed by atoms with van der Waals surface area (Å²) in [4.78, 5) is 2.04. The molecule has 0 fully saturated rings. The van der Waals surface area contributed by atoms with Gasteiger partial charge in [0, 0.05) is 24.8 Å². The Morgan fingerprint density at radius 1 is 1.24 bits per heavy atom. The average Bonchev–Trinajstić information content (AvgIpc) is 2.29. The van der Waals surface area contributed by atoms with Crippen molar-refractivity contribution < 1.29 is 10.2 Å². The van der Waals surface area contributed by atoms with Crippen LogP contribution in [0.4, 0.5) is 5.69 Å². The van der Waals surface area contributed by atoms with Crippen LogP contribution in [-0.2, 0) is 0 Å².